The van der Waals surface area contributed by atoms with E-state index >= 15 is 4.79 Å². The molecule has 0 saturated carbocycles. The SMILES string of the molecule is CC[C@H](C)C1NC(=O)[C@@H](CCCNC(=N)N)NC(=O)[C@H](CC(C)C)NC(=O)[C@H]([C@H](O)C(C)C)NC(=O)[C@@H](NC(=O)[C@H](COC(C)(C)C)NC(=O)[C@H](N)COC(C)(C)C)[C@@H](c2ccccc2)OC(=O)[C@H](CO)NC(=O)[C@H]([C@H](O)C(N)=O)NC(=O)CNC(=O)[C@H]([C@H](C)O)NC1=O. The quantitative estimate of drug-likeness (QED) is 0.0210. The predicted octanol–water partition coefficient (Wildman–Crippen LogP) is -5.69. The molecule has 2 rings (SSSR count). The van der Waals surface area contributed by atoms with Gasteiger partial charge in [-0.05, 0) is 91.0 Å². The van der Waals surface area contributed by atoms with Crippen molar-refractivity contribution in [2.75, 3.05) is 32.9 Å². The molecular formula is C60H101N15O19. The van der Waals surface area contributed by atoms with E-state index < -0.39 is 210 Å². The Labute approximate surface area is 546 Å². The highest BCUT2D eigenvalue weighted by Crippen LogP contribution is 2.25. The molecule has 1 aromatic rings. The molecule has 1 fully saturated rings. The number of hydrogen-bond donors (Lipinski definition) is 19. The molecule has 22 N–H and O–H groups in total. The Morgan fingerprint density at radius 3 is 1.74 bits per heavy atom. The van der Waals surface area contributed by atoms with Crippen molar-refractivity contribution in [3.63, 3.8) is 0 Å². The number of carbonyl (C=O) groups excluding carboxylic acids is 12. The molecule has 1 aromatic carbocycles. The van der Waals surface area contributed by atoms with Gasteiger partial charge < -0.3 is 110 Å². The molecule has 1 aliphatic rings. The van der Waals surface area contributed by atoms with Crippen LogP contribution in [0.3, 0.4) is 0 Å². The minimum Gasteiger partial charge on any atom is -0.453 e. The third-order valence-corrected chi connectivity index (χ3v) is 14.4. The van der Waals surface area contributed by atoms with Crippen molar-refractivity contribution < 1.29 is 92.2 Å². The van der Waals surface area contributed by atoms with Crippen LogP contribution in [-0.4, -0.2) is 220 Å². The van der Waals surface area contributed by atoms with E-state index in [1.54, 1.807) is 69.2 Å². The Hall–Kier alpha value is -8.15. The second-order valence-electron chi connectivity index (χ2n) is 25.7. The Morgan fingerprint density at radius 2 is 1.21 bits per heavy atom. The molecule has 34 heteroatoms. The van der Waals surface area contributed by atoms with Crippen LogP contribution in [0, 0.1) is 23.2 Å². The van der Waals surface area contributed by atoms with E-state index in [9.17, 15) is 73.2 Å². The third-order valence-electron chi connectivity index (χ3n) is 14.4. The van der Waals surface area contributed by atoms with Gasteiger partial charge in [-0.1, -0.05) is 78.3 Å². The second kappa shape index (κ2) is 38.3. The van der Waals surface area contributed by atoms with Crippen molar-refractivity contribution in [3.05, 3.63) is 35.9 Å². The molecule has 1 heterocycles. The van der Waals surface area contributed by atoms with Crippen molar-refractivity contribution >= 4 is 76.9 Å². The van der Waals surface area contributed by atoms with Gasteiger partial charge in [-0.2, -0.15) is 0 Å². The van der Waals surface area contributed by atoms with Crippen LogP contribution in [0.2, 0.25) is 0 Å². The first-order valence-corrected chi connectivity index (χ1v) is 30.9. The molecule has 1 saturated heterocycles. The van der Waals surface area contributed by atoms with Gasteiger partial charge >= 0.3 is 5.97 Å². The van der Waals surface area contributed by atoms with Gasteiger partial charge in [0.15, 0.2) is 24.2 Å². The molecule has 0 radical (unpaired) electrons. The number of nitrogens with one attached hydrogen (secondary N) is 12. The number of aliphatic hydroxyl groups is 4. The highest BCUT2D eigenvalue weighted by molar-refractivity contribution is 6.00. The molecule has 94 heavy (non-hydrogen) atoms. The third kappa shape index (κ3) is 27.8. The number of aliphatic hydroxyl groups excluding tert-OH is 4. The van der Waals surface area contributed by atoms with Crippen molar-refractivity contribution in [3.8, 4) is 0 Å². The summed E-state index contributed by atoms with van der Waals surface area (Å²) >= 11 is 0. The summed E-state index contributed by atoms with van der Waals surface area (Å²) in [6.45, 7) is 17.2. The number of primary amides is 1. The second-order valence-corrected chi connectivity index (χ2v) is 25.7. The molecule has 0 aliphatic carbocycles. The number of carbonyl (C=O) groups is 12. The fourth-order valence-electron chi connectivity index (χ4n) is 8.89. The average Bonchev–Trinajstić information content (AvgIpc) is 0.833. The topological polar surface area (TPSA) is 548 Å². The lowest BCUT2D eigenvalue weighted by Gasteiger charge is -2.34. The van der Waals surface area contributed by atoms with Crippen LogP contribution in [-0.2, 0) is 71.7 Å². The van der Waals surface area contributed by atoms with E-state index in [1.807, 2.05) is 10.6 Å². The van der Waals surface area contributed by atoms with Gasteiger partial charge in [-0.3, -0.25) is 58.1 Å². The summed E-state index contributed by atoms with van der Waals surface area (Å²) in [5, 5.41) is 78.1. The first-order valence-electron chi connectivity index (χ1n) is 30.9. The summed E-state index contributed by atoms with van der Waals surface area (Å²) in [7, 11) is 0. The van der Waals surface area contributed by atoms with E-state index in [1.165, 1.54) is 44.2 Å². The largest absolute Gasteiger partial charge is 0.453 e. The summed E-state index contributed by atoms with van der Waals surface area (Å²) in [4.78, 5) is 171. The number of guanidine groups is 1. The summed E-state index contributed by atoms with van der Waals surface area (Å²) in [5.41, 5.74) is 15.2. The number of esters is 1. The fourth-order valence-corrected chi connectivity index (χ4v) is 8.89. The summed E-state index contributed by atoms with van der Waals surface area (Å²) in [6.07, 6.45) is -8.37. The van der Waals surface area contributed by atoms with Crippen molar-refractivity contribution in [1.82, 2.24) is 58.5 Å². The Bertz CT molecular complexity index is 2760. The van der Waals surface area contributed by atoms with E-state index in [-0.39, 0.29) is 44.4 Å². The highest BCUT2D eigenvalue weighted by Gasteiger charge is 2.44. The summed E-state index contributed by atoms with van der Waals surface area (Å²) in [5.74, 6) is -17.6. The van der Waals surface area contributed by atoms with Crippen LogP contribution in [0.1, 0.15) is 127 Å². The lowest BCUT2D eigenvalue weighted by atomic mass is 9.95. The minimum atomic E-state index is -2.60. The number of ether oxygens (including phenoxy) is 3. The van der Waals surface area contributed by atoms with Crippen LogP contribution in [0.15, 0.2) is 30.3 Å². The summed E-state index contributed by atoms with van der Waals surface area (Å²) in [6, 6.07) is -11.7. The first-order chi connectivity index (χ1) is 43.6. The molecule has 11 amide bonds. The summed E-state index contributed by atoms with van der Waals surface area (Å²) < 4.78 is 17.5. The molecule has 0 spiro atoms. The average molecular weight is 1340 g/mol. The monoisotopic (exact) mass is 1340 g/mol. The number of rotatable bonds is 23. The van der Waals surface area contributed by atoms with Crippen LogP contribution in [0.25, 0.3) is 0 Å². The molecule has 530 valence electrons. The van der Waals surface area contributed by atoms with Gasteiger partial charge in [-0.25, -0.2) is 4.79 Å². The number of cyclic esters (lactones) is 1. The van der Waals surface area contributed by atoms with Crippen molar-refractivity contribution in [2.24, 2.45) is 35.0 Å². The van der Waals surface area contributed by atoms with Gasteiger partial charge in [0.05, 0.1) is 49.8 Å². The van der Waals surface area contributed by atoms with Crippen molar-refractivity contribution in [1.29, 1.82) is 5.41 Å². The molecule has 0 aromatic heterocycles. The molecule has 0 bridgehead atoms. The van der Waals surface area contributed by atoms with Crippen LogP contribution >= 0.6 is 0 Å². The Kier molecular flexibility index (Phi) is 33.4. The molecule has 1 unspecified atom stereocenters. The van der Waals surface area contributed by atoms with Gasteiger partial charge in [-0.15, -0.1) is 0 Å². The first kappa shape index (κ1) is 81.9. The zero-order valence-electron chi connectivity index (χ0n) is 55.7. The van der Waals surface area contributed by atoms with Crippen LogP contribution in [0.5, 0.6) is 0 Å². The number of amides is 11. The maximum absolute atomic E-state index is 15.4. The highest BCUT2D eigenvalue weighted by atomic mass is 16.5. The predicted molar refractivity (Wildman–Crippen MR) is 338 cm³/mol. The Balaban J connectivity index is 3.16. The standard InChI is InChI=1S/C60H101N15O19/c1-14-30(6)39-53(87)73-40(31(7)77)52(86)66-24-38(78)71-42(45(80)47(62)81)55(89)69-36(25-76)57(91)94-46(32-19-16-15-17-20-32)43(75-51(85)37(27-93-60(11,12)13)70-48(82)33(61)26-92-59(8,9)10)56(90)74-41(44(79)29(4)5)54(88)68-35(23-28(2)3)50(84)67-34(49(83)72-39)21-18-22-65-58(63)64/h15-17,19-20,28-31,33-37,39-46,76-77,79-80H,14,18,21-27,61H2,1-13H3,(H2,62,81)(H,66,86)(H,67,84)(H,68,88)(H,69,89)(H,70,82)(H,71,78)(H,72,83)(H,73,87)(H,74,90)(H,75,85)(H4,63,64,65)/t30-,31-,33+,34+,35-,36-,37-,39?,40-,41-,42-,43-,44+,45-,46+/m0/s1. The zero-order chi connectivity index (χ0) is 71.7. The van der Waals surface area contributed by atoms with Gasteiger partial charge in [0, 0.05) is 6.54 Å². The number of hydrogen-bond acceptors (Lipinski definition) is 21. The number of benzene rings is 1. The normalized spacial score (nSPS) is 24.4. The van der Waals surface area contributed by atoms with Crippen LogP contribution in [0.4, 0.5) is 0 Å². The number of nitrogens with two attached hydrogens (primary N) is 3. The molecular weight excluding hydrogens is 1230 g/mol. The van der Waals surface area contributed by atoms with Gasteiger partial charge in [0.2, 0.25) is 65.0 Å². The minimum absolute atomic E-state index is 0.00269. The molecule has 15 atom stereocenters. The van der Waals surface area contributed by atoms with E-state index in [4.69, 9.17) is 36.8 Å². The maximum atomic E-state index is 15.4. The zero-order valence-corrected chi connectivity index (χ0v) is 55.7. The van der Waals surface area contributed by atoms with Crippen LogP contribution < -0.4 is 75.7 Å². The lowest BCUT2D eigenvalue weighted by molar-refractivity contribution is -0.159. The van der Waals surface area contributed by atoms with E-state index in [2.05, 4.69) is 47.9 Å². The lowest BCUT2D eigenvalue weighted by Crippen LogP contribution is -2.64. The molecule has 34 nitrogen and oxygen atoms in total. The van der Waals surface area contributed by atoms with Gasteiger partial charge in [0.1, 0.15) is 54.4 Å². The fraction of sp³-hybridized carbons (Fsp3) is 0.683. The van der Waals surface area contributed by atoms with Gasteiger partial charge in [0.25, 0.3) is 0 Å². The molecule has 1 aliphatic heterocycles. The maximum Gasteiger partial charge on any atom is 0.331 e. The Morgan fingerprint density at radius 1 is 0.681 bits per heavy atom. The van der Waals surface area contributed by atoms with Crippen molar-refractivity contribution in [2.45, 2.75) is 212 Å². The van der Waals surface area contributed by atoms with E-state index in [0.29, 0.717) is 0 Å². The smallest absolute Gasteiger partial charge is 0.331 e. The van der Waals surface area contributed by atoms with E-state index in [0.717, 1.165) is 6.92 Å².